The van der Waals surface area contributed by atoms with E-state index in [4.69, 9.17) is 11.6 Å². The minimum absolute atomic E-state index is 0.0410. The molecule has 0 spiro atoms. The first-order valence-corrected chi connectivity index (χ1v) is 7.70. The molecule has 8 heteroatoms. The lowest BCUT2D eigenvalue weighted by molar-refractivity contribution is 0.0628. The van der Waals surface area contributed by atoms with E-state index in [1.807, 2.05) is 0 Å². The van der Waals surface area contributed by atoms with Gasteiger partial charge in [-0.25, -0.2) is 8.42 Å². The van der Waals surface area contributed by atoms with Crippen LogP contribution in [0.1, 0.15) is 13.3 Å². The summed E-state index contributed by atoms with van der Waals surface area (Å²) in [5.74, 6) is -0.123. The van der Waals surface area contributed by atoms with E-state index in [0.29, 0.717) is 6.42 Å². The van der Waals surface area contributed by atoms with Crippen molar-refractivity contribution >= 4 is 21.6 Å². The number of pyridine rings is 1. The van der Waals surface area contributed by atoms with Gasteiger partial charge in [-0.2, -0.15) is 4.31 Å². The van der Waals surface area contributed by atoms with Crippen molar-refractivity contribution in [2.24, 2.45) is 5.92 Å². The fourth-order valence-corrected chi connectivity index (χ4v) is 3.84. The van der Waals surface area contributed by atoms with Gasteiger partial charge in [-0.3, -0.25) is 4.79 Å². The quantitative estimate of drug-likeness (QED) is 0.828. The molecule has 1 fully saturated rings. The second-order valence-electron chi connectivity index (χ2n) is 4.71. The largest absolute Gasteiger partial charge is 0.393 e. The maximum atomic E-state index is 12.4. The highest BCUT2D eigenvalue weighted by Crippen LogP contribution is 2.23. The van der Waals surface area contributed by atoms with Crippen LogP contribution in [-0.4, -0.2) is 42.0 Å². The first-order valence-electron chi connectivity index (χ1n) is 5.89. The molecule has 0 aromatic carbocycles. The molecular weight excluding hydrogens is 292 g/mol. The molecule has 106 valence electrons. The van der Waals surface area contributed by atoms with E-state index in [1.54, 1.807) is 6.92 Å². The first-order chi connectivity index (χ1) is 8.82. The van der Waals surface area contributed by atoms with Crippen molar-refractivity contribution in [2.75, 3.05) is 13.1 Å². The van der Waals surface area contributed by atoms with E-state index in [2.05, 4.69) is 4.98 Å². The van der Waals surface area contributed by atoms with Gasteiger partial charge < -0.3 is 10.1 Å². The SMILES string of the molecule is CC1CN(S(=O)(=O)c2c[nH]c(=O)c(Cl)c2)CCC1O. The van der Waals surface area contributed by atoms with Gasteiger partial charge >= 0.3 is 0 Å². The lowest BCUT2D eigenvalue weighted by atomic mass is 9.99. The van der Waals surface area contributed by atoms with Gasteiger partial charge in [-0.15, -0.1) is 0 Å². The number of piperidine rings is 1. The molecule has 2 unspecified atom stereocenters. The second kappa shape index (κ2) is 5.24. The van der Waals surface area contributed by atoms with Crippen molar-refractivity contribution in [2.45, 2.75) is 24.3 Å². The summed E-state index contributed by atoms with van der Waals surface area (Å²) in [6, 6.07) is 1.14. The Morgan fingerprint density at radius 1 is 1.53 bits per heavy atom. The summed E-state index contributed by atoms with van der Waals surface area (Å²) < 4.78 is 26.0. The van der Waals surface area contributed by atoms with Crippen LogP contribution in [0.4, 0.5) is 0 Å². The van der Waals surface area contributed by atoms with Gasteiger partial charge in [0.1, 0.15) is 5.02 Å². The maximum absolute atomic E-state index is 12.4. The van der Waals surface area contributed by atoms with E-state index in [1.165, 1.54) is 4.31 Å². The Hall–Kier alpha value is -0.890. The van der Waals surface area contributed by atoms with Crippen LogP contribution in [-0.2, 0) is 10.0 Å². The average molecular weight is 307 g/mol. The lowest BCUT2D eigenvalue weighted by Gasteiger charge is -2.33. The molecular formula is C11H15ClN2O4S. The third-order valence-corrected chi connectivity index (χ3v) is 5.42. The van der Waals surface area contributed by atoms with E-state index in [-0.39, 0.29) is 28.9 Å². The van der Waals surface area contributed by atoms with Gasteiger partial charge in [0.15, 0.2) is 0 Å². The van der Waals surface area contributed by atoms with Crippen LogP contribution in [0, 0.1) is 5.92 Å². The predicted molar refractivity (Wildman–Crippen MR) is 70.6 cm³/mol. The zero-order chi connectivity index (χ0) is 14.2. The number of H-pyrrole nitrogens is 1. The van der Waals surface area contributed by atoms with Crippen molar-refractivity contribution in [1.82, 2.24) is 9.29 Å². The number of rotatable bonds is 2. The summed E-state index contributed by atoms with van der Waals surface area (Å²) in [6.45, 7) is 2.30. The zero-order valence-corrected chi connectivity index (χ0v) is 11.9. The van der Waals surface area contributed by atoms with Crippen LogP contribution in [0.2, 0.25) is 5.02 Å². The standard InChI is InChI=1S/C11H15ClN2O4S/c1-7-6-14(3-2-10(7)15)19(17,18)8-4-9(12)11(16)13-5-8/h4-5,7,10,15H,2-3,6H2,1H3,(H,13,16). The van der Waals surface area contributed by atoms with Crippen LogP contribution in [0.15, 0.2) is 22.0 Å². The Balaban J connectivity index is 2.32. The highest BCUT2D eigenvalue weighted by atomic mass is 35.5. The summed E-state index contributed by atoms with van der Waals surface area (Å²) in [5.41, 5.74) is -0.525. The van der Waals surface area contributed by atoms with Crippen LogP contribution in [0.3, 0.4) is 0 Å². The molecule has 1 aromatic heterocycles. The molecule has 1 aromatic rings. The number of hydrogen-bond acceptors (Lipinski definition) is 4. The Morgan fingerprint density at radius 3 is 2.79 bits per heavy atom. The molecule has 1 saturated heterocycles. The monoisotopic (exact) mass is 306 g/mol. The number of nitrogens with one attached hydrogen (secondary N) is 1. The number of nitrogens with zero attached hydrogens (tertiary/aromatic N) is 1. The highest BCUT2D eigenvalue weighted by molar-refractivity contribution is 7.89. The minimum atomic E-state index is -3.69. The van der Waals surface area contributed by atoms with E-state index < -0.39 is 21.7 Å². The molecule has 0 radical (unpaired) electrons. The molecule has 0 bridgehead atoms. The summed E-state index contributed by atoms with van der Waals surface area (Å²) in [5, 5.41) is 9.46. The van der Waals surface area contributed by atoms with Crippen molar-refractivity contribution in [3.8, 4) is 0 Å². The third-order valence-electron chi connectivity index (χ3n) is 3.29. The van der Waals surface area contributed by atoms with Crippen molar-refractivity contribution in [3.63, 3.8) is 0 Å². The number of halogens is 1. The van der Waals surface area contributed by atoms with Gasteiger partial charge in [0.25, 0.3) is 5.56 Å². The normalized spacial score (nSPS) is 25.4. The maximum Gasteiger partial charge on any atom is 0.266 e. The molecule has 2 N–H and O–H groups in total. The predicted octanol–water partition coefficient (Wildman–Crippen LogP) is 0.420. The number of aliphatic hydroxyl groups is 1. The summed E-state index contributed by atoms with van der Waals surface area (Å²) >= 11 is 5.64. The first kappa shape index (κ1) is 14.5. The molecule has 0 aliphatic carbocycles. The van der Waals surface area contributed by atoms with Crippen LogP contribution < -0.4 is 5.56 Å². The van der Waals surface area contributed by atoms with E-state index >= 15 is 0 Å². The molecule has 0 saturated carbocycles. The molecule has 6 nitrogen and oxygen atoms in total. The van der Waals surface area contributed by atoms with E-state index in [9.17, 15) is 18.3 Å². The fraction of sp³-hybridized carbons (Fsp3) is 0.545. The summed E-state index contributed by atoms with van der Waals surface area (Å²) in [7, 11) is -3.69. The Kier molecular flexibility index (Phi) is 4.00. The van der Waals surface area contributed by atoms with Crippen molar-refractivity contribution in [3.05, 3.63) is 27.6 Å². The van der Waals surface area contributed by atoms with Crippen LogP contribution in [0.5, 0.6) is 0 Å². The summed E-state index contributed by atoms with van der Waals surface area (Å²) in [4.78, 5) is 13.4. The summed E-state index contributed by atoms with van der Waals surface area (Å²) in [6.07, 6.45) is 1.06. The zero-order valence-electron chi connectivity index (χ0n) is 10.3. The third kappa shape index (κ3) is 2.84. The van der Waals surface area contributed by atoms with Crippen LogP contribution >= 0.6 is 11.6 Å². The minimum Gasteiger partial charge on any atom is -0.393 e. The van der Waals surface area contributed by atoms with Gasteiger partial charge in [0.2, 0.25) is 10.0 Å². The van der Waals surface area contributed by atoms with Gasteiger partial charge in [0, 0.05) is 19.3 Å². The van der Waals surface area contributed by atoms with Gasteiger partial charge in [0.05, 0.1) is 11.0 Å². The molecule has 19 heavy (non-hydrogen) atoms. The van der Waals surface area contributed by atoms with Crippen LogP contribution in [0.25, 0.3) is 0 Å². The fourth-order valence-electron chi connectivity index (χ4n) is 2.05. The van der Waals surface area contributed by atoms with E-state index in [0.717, 1.165) is 12.3 Å². The Labute approximate surface area is 116 Å². The molecule has 2 heterocycles. The molecule has 2 rings (SSSR count). The topological polar surface area (TPSA) is 90.5 Å². The number of aliphatic hydroxyl groups excluding tert-OH is 1. The van der Waals surface area contributed by atoms with Crippen molar-refractivity contribution < 1.29 is 13.5 Å². The average Bonchev–Trinajstić information content (AvgIpc) is 2.35. The second-order valence-corrected chi connectivity index (χ2v) is 7.05. The smallest absolute Gasteiger partial charge is 0.266 e. The van der Waals surface area contributed by atoms with Gasteiger partial charge in [-0.05, 0) is 18.4 Å². The molecule has 1 aliphatic heterocycles. The van der Waals surface area contributed by atoms with Crippen molar-refractivity contribution in [1.29, 1.82) is 0 Å². The number of sulfonamides is 1. The number of hydrogen-bond donors (Lipinski definition) is 2. The Morgan fingerprint density at radius 2 is 2.21 bits per heavy atom. The van der Waals surface area contributed by atoms with Gasteiger partial charge in [-0.1, -0.05) is 18.5 Å². The highest BCUT2D eigenvalue weighted by Gasteiger charge is 2.32. The molecule has 2 atom stereocenters. The number of aromatic amines is 1. The Bertz CT molecular complexity index is 628. The lowest BCUT2D eigenvalue weighted by Crippen LogP contribution is -2.44. The number of aromatic nitrogens is 1. The molecule has 0 amide bonds. The molecule has 1 aliphatic rings.